The molecule has 0 aromatic carbocycles. The second-order valence-corrected chi connectivity index (χ2v) is 6.90. The van der Waals surface area contributed by atoms with Crippen molar-refractivity contribution >= 4 is 24.2 Å². The van der Waals surface area contributed by atoms with Gasteiger partial charge < -0.3 is 20.2 Å². The molecule has 3 rings (SSSR count). The Balaban J connectivity index is 0.00000208. The molecule has 0 radical (unpaired) electrons. The molecule has 1 aliphatic carbocycles. The number of nitrogens with one attached hydrogen (secondary N) is 1. The Morgan fingerprint density at radius 3 is 2.46 bits per heavy atom. The van der Waals surface area contributed by atoms with Gasteiger partial charge in [-0.15, -0.1) is 12.4 Å². The number of nitriles is 1. The molecule has 24 heavy (non-hydrogen) atoms. The van der Waals surface area contributed by atoms with Crippen LogP contribution in [0.15, 0.2) is 0 Å². The first-order valence-electron chi connectivity index (χ1n) is 8.43. The minimum atomic E-state index is -0.411. The van der Waals surface area contributed by atoms with E-state index in [1.807, 2.05) is 0 Å². The summed E-state index contributed by atoms with van der Waals surface area (Å²) in [6.45, 7) is 2.01. The van der Waals surface area contributed by atoms with Crippen LogP contribution in [-0.4, -0.2) is 71.6 Å². The molecule has 3 atom stereocenters. The molecular weight excluding hydrogens is 332 g/mol. The highest BCUT2D eigenvalue weighted by atomic mass is 35.5. The van der Waals surface area contributed by atoms with Crippen LogP contribution in [0.3, 0.4) is 0 Å². The fourth-order valence-electron chi connectivity index (χ4n) is 4.30. The van der Waals surface area contributed by atoms with Gasteiger partial charge in [0.05, 0.1) is 12.6 Å². The van der Waals surface area contributed by atoms with Crippen molar-refractivity contribution in [3.8, 4) is 6.07 Å². The number of halogens is 1. The van der Waals surface area contributed by atoms with E-state index >= 15 is 0 Å². The molecule has 1 saturated carbocycles. The van der Waals surface area contributed by atoms with Gasteiger partial charge >= 0.3 is 0 Å². The number of carbonyl (C=O) groups excluding carboxylic acids is 2. The summed E-state index contributed by atoms with van der Waals surface area (Å²) in [4.78, 5) is 27.2. The summed E-state index contributed by atoms with van der Waals surface area (Å²) in [5.74, 6) is 0.771. The summed E-state index contributed by atoms with van der Waals surface area (Å²) in [5, 5.41) is 21.3. The quantitative estimate of drug-likeness (QED) is 0.723. The van der Waals surface area contributed by atoms with Crippen LogP contribution < -0.4 is 5.32 Å². The zero-order valence-electron chi connectivity index (χ0n) is 13.7. The number of carbonyl (C=O) groups is 2. The zero-order chi connectivity index (χ0) is 16.4. The average Bonchev–Trinajstić information content (AvgIpc) is 3.24. The van der Waals surface area contributed by atoms with Crippen molar-refractivity contribution in [2.45, 2.75) is 37.8 Å². The van der Waals surface area contributed by atoms with E-state index in [-0.39, 0.29) is 30.3 Å². The average molecular weight is 357 g/mol. The van der Waals surface area contributed by atoms with Gasteiger partial charge in [-0.05, 0) is 37.5 Å². The highest BCUT2D eigenvalue weighted by Crippen LogP contribution is 2.38. The Morgan fingerprint density at radius 2 is 1.88 bits per heavy atom. The number of hydrogen-bond donors (Lipinski definition) is 2. The number of rotatable bonds is 4. The molecule has 8 heteroatoms. The van der Waals surface area contributed by atoms with Gasteiger partial charge in [-0.1, -0.05) is 0 Å². The van der Waals surface area contributed by atoms with Gasteiger partial charge in [0, 0.05) is 25.7 Å². The summed E-state index contributed by atoms with van der Waals surface area (Å²) in [5.41, 5.74) is 0. The first kappa shape index (κ1) is 19.0. The standard InChI is InChI=1S/C16H24N4O3.ClH/c17-6-14-2-1-3-20(14)15(22)7-18-13-4-11-8-19(16(23)10-21)9-12(11)5-13;/h11-14,18,21H,1-5,7-10H2;1H/t11?,12?,13?,14-;/m0./s1. The molecule has 2 N–H and O–H groups in total. The lowest BCUT2D eigenvalue weighted by molar-refractivity contribution is -0.133. The molecule has 3 aliphatic rings. The molecule has 0 spiro atoms. The van der Waals surface area contributed by atoms with Crippen molar-refractivity contribution in [2.24, 2.45) is 11.8 Å². The SMILES string of the molecule is Cl.N#C[C@@H]1CCCN1C(=O)CNC1CC2CN(C(=O)CO)CC2C1. The molecule has 2 aliphatic heterocycles. The normalized spacial score (nSPS) is 31.5. The lowest BCUT2D eigenvalue weighted by atomic mass is 10.0. The third kappa shape index (κ3) is 3.82. The molecule has 0 aromatic rings. The summed E-state index contributed by atoms with van der Waals surface area (Å²) in [6.07, 6.45) is 3.63. The van der Waals surface area contributed by atoms with Gasteiger partial charge in [0.25, 0.3) is 0 Å². The third-order valence-electron chi connectivity index (χ3n) is 5.50. The van der Waals surface area contributed by atoms with E-state index in [0.29, 0.717) is 31.0 Å². The number of nitrogens with zero attached hydrogens (tertiary/aromatic N) is 3. The van der Waals surface area contributed by atoms with Crippen molar-refractivity contribution in [3.63, 3.8) is 0 Å². The fraction of sp³-hybridized carbons (Fsp3) is 0.812. The zero-order valence-corrected chi connectivity index (χ0v) is 14.5. The molecule has 0 bridgehead atoms. The number of aliphatic hydroxyl groups is 1. The van der Waals surface area contributed by atoms with Crippen LogP contribution in [0.25, 0.3) is 0 Å². The van der Waals surface area contributed by atoms with Crippen LogP contribution in [0.2, 0.25) is 0 Å². The first-order valence-corrected chi connectivity index (χ1v) is 8.43. The number of likely N-dealkylation sites (tertiary alicyclic amines) is 2. The van der Waals surface area contributed by atoms with Gasteiger partial charge in [0.2, 0.25) is 11.8 Å². The van der Waals surface area contributed by atoms with Crippen molar-refractivity contribution < 1.29 is 14.7 Å². The molecule has 2 saturated heterocycles. The molecule has 2 unspecified atom stereocenters. The maximum absolute atomic E-state index is 12.2. The fourth-order valence-corrected chi connectivity index (χ4v) is 4.30. The summed E-state index contributed by atoms with van der Waals surface area (Å²) < 4.78 is 0. The molecule has 2 amide bonds. The maximum Gasteiger partial charge on any atom is 0.248 e. The van der Waals surface area contributed by atoms with Crippen LogP contribution in [0.1, 0.15) is 25.7 Å². The van der Waals surface area contributed by atoms with Crippen LogP contribution in [-0.2, 0) is 9.59 Å². The summed E-state index contributed by atoms with van der Waals surface area (Å²) in [7, 11) is 0. The Kier molecular flexibility index (Phi) is 6.44. The molecule has 0 aromatic heterocycles. The minimum Gasteiger partial charge on any atom is -0.387 e. The lowest BCUT2D eigenvalue weighted by Gasteiger charge is -2.22. The van der Waals surface area contributed by atoms with E-state index in [2.05, 4.69) is 11.4 Å². The summed E-state index contributed by atoms with van der Waals surface area (Å²) in [6, 6.07) is 2.25. The van der Waals surface area contributed by atoms with Crippen molar-refractivity contribution in [1.29, 1.82) is 5.26 Å². The molecule has 7 nitrogen and oxygen atoms in total. The van der Waals surface area contributed by atoms with E-state index in [9.17, 15) is 9.59 Å². The molecular formula is C16H25ClN4O3. The highest BCUT2D eigenvalue weighted by molar-refractivity contribution is 5.85. The van der Waals surface area contributed by atoms with E-state index < -0.39 is 6.61 Å². The Hall–Kier alpha value is -1.36. The van der Waals surface area contributed by atoms with Gasteiger partial charge in [-0.2, -0.15) is 5.26 Å². The van der Waals surface area contributed by atoms with Crippen molar-refractivity contribution in [1.82, 2.24) is 15.1 Å². The molecule has 3 fully saturated rings. The van der Waals surface area contributed by atoms with Crippen LogP contribution >= 0.6 is 12.4 Å². The second-order valence-electron chi connectivity index (χ2n) is 6.90. The van der Waals surface area contributed by atoms with Crippen LogP contribution in [0.4, 0.5) is 0 Å². The maximum atomic E-state index is 12.2. The third-order valence-corrected chi connectivity index (χ3v) is 5.50. The molecule has 134 valence electrons. The number of fused-ring (bicyclic) bond motifs is 1. The minimum absolute atomic E-state index is 0. The number of amides is 2. The smallest absolute Gasteiger partial charge is 0.248 e. The number of aliphatic hydroxyl groups excluding tert-OH is 1. The van der Waals surface area contributed by atoms with Crippen LogP contribution in [0, 0.1) is 23.2 Å². The Labute approximate surface area is 148 Å². The van der Waals surface area contributed by atoms with Crippen molar-refractivity contribution in [3.05, 3.63) is 0 Å². The van der Waals surface area contributed by atoms with E-state index in [1.54, 1.807) is 9.80 Å². The second kappa shape index (κ2) is 8.15. The van der Waals surface area contributed by atoms with Gasteiger partial charge in [0.15, 0.2) is 0 Å². The van der Waals surface area contributed by atoms with Crippen LogP contribution in [0.5, 0.6) is 0 Å². The predicted octanol–water partition coefficient (Wildman–Crippen LogP) is -0.258. The first-order chi connectivity index (χ1) is 11.1. The van der Waals surface area contributed by atoms with E-state index in [0.717, 1.165) is 38.8 Å². The lowest BCUT2D eigenvalue weighted by Crippen LogP contribution is -2.43. The topological polar surface area (TPSA) is 96.7 Å². The van der Waals surface area contributed by atoms with Gasteiger partial charge in [-0.3, -0.25) is 9.59 Å². The largest absolute Gasteiger partial charge is 0.387 e. The van der Waals surface area contributed by atoms with Crippen molar-refractivity contribution in [2.75, 3.05) is 32.8 Å². The van der Waals surface area contributed by atoms with Gasteiger partial charge in [-0.25, -0.2) is 0 Å². The Bertz CT molecular complexity index is 510. The van der Waals surface area contributed by atoms with Gasteiger partial charge in [0.1, 0.15) is 12.6 Å². The van der Waals surface area contributed by atoms with E-state index in [1.165, 1.54) is 0 Å². The highest BCUT2D eigenvalue weighted by Gasteiger charge is 2.42. The summed E-state index contributed by atoms with van der Waals surface area (Å²) >= 11 is 0. The van der Waals surface area contributed by atoms with E-state index in [4.69, 9.17) is 10.4 Å². The number of hydrogen-bond acceptors (Lipinski definition) is 5. The Morgan fingerprint density at radius 1 is 1.21 bits per heavy atom. The molecule has 2 heterocycles. The monoisotopic (exact) mass is 356 g/mol. The predicted molar refractivity (Wildman–Crippen MR) is 89.3 cm³/mol.